The van der Waals surface area contributed by atoms with Crippen molar-refractivity contribution in [2.24, 2.45) is 11.8 Å². The van der Waals surface area contributed by atoms with Crippen molar-refractivity contribution in [3.8, 4) is 0 Å². The summed E-state index contributed by atoms with van der Waals surface area (Å²) in [7, 11) is 0. The summed E-state index contributed by atoms with van der Waals surface area (Å²) in [6, 6.07) is 6.17. The van der Waals surface area contributed by atoms with Gasteiger partial charge in [0, 0.05) is 29.8 Å². The van der Waals surface area contributed by atoms with Crippen LogP contribution in [0.5, 0.6) is 0 Å². The SMILES string of the molecule is CC1CN(Cc2cc(N)cc(Br)c2)CC1C. The highest BCUT2D eigenvalue weighted by Crippen LogP contribution is 2.25. The fourth-order valence-corrected chi connectivity index (χ4v) is 2.96. The second-order valence-corrected chi connectivity index (χ2v) is 5.96. The first kappa shape index (κ1) is 11.9. The maximum atomic E-state index is 5.84. The molecule has 2 unspecified atom stereocenters. The van der Waals surface area contributed by atoms with Crippen molar-refractivity contribution in [1.82, 2.24) is 4.90 Å². The normalized spacial score (nSPS) is 26.2. The minimum Gasteiger partial charge on any atom is -0.399 e. The molecule has 1 fully saturated rings. The number of halogens is 1. The molecule has 3 heteroatoms. The van der Waals surface area contributed by atoms with Gasteiger partial charge in [0.2, 0.25) is 0 Å². The zero-order valence-corrected chi connectivity index (χ0v) is 11.5. The average Bonchev–Trinajstić information content (AvgIpc) is 2.43. The summed E-state index contributed by atoms with van der Waals surface area (Å²) in [6.45, 7) is 8.08. The van der Waals surface area contributed by atoms with E-state index < -0.39 is 0 Å². The molecule has 1 saturated heterocycles. The zero-order chi connectivity index (χ0) is 11.7. The summed E-state index contributed by atoms with van der Waals surface area (Å²) >= 11 is 3.49. The maximum Gasteiger partial charge on any atom is 0.0328 e. The second kappa shape index (κ2) is 4.76. The Morgan fingerprint density at radius 2 is 1.88 bits per heavy atom. The monoisotopic (exact) mass is 282 g/mol. The molecular weight excluding hydrogens is 264 g/mol. The fraction of sp³-hybridized carbons (Fsp3) is 0.538. The molecule has 2 rings (SSSR count). The predicted molar refractivity (Wildman–Crippen MR) is 72.2 cm³/mol. The third-order valence-corrected chi connectivity index (χ3v) is 3.91. The molecule has 1 heterocycles. The molecule has 0 saturated carbocycles. The van der Waals surface area contributed by atoms with E-state index in [2.05, 4.69) is 46.8 Å². The molecule has 16 heavy (non-hydrogen) atoms. The minimum atomic E-state index is 0.810. The van der Waals surface area contributed by atoms with Gasteiger partial charge in [-0.1, -0.05) is 29.8 Å². The molecule has 0 spiro atoms. The Bertz CT molecular complexity index is 348. The van der Waals surface area contributed by atoms with Crippen molar-refractivity contribution in [2.45, 2.75) is 20.4 Å². The number of nitrogens with zero attached hydrogens (tertiary/aromatic N) is 1. The molecule has 1 aliphatic heterocycles. The molecule has 1 aliphatic rings. The van der Waals surface area contributed by atoms with Crippen molar-refractivity contribution >= 4 is 21.6 Å². The number of benzene rings is 1. The van der Waals surface area contributed by atoms with Crippen LogP contribution in [0.3, 0.4) is 0 Å². The third-order valence-electron chi connectivity index (χ3n) is 3.45. The highest BCUT2D eigenvalue weighted by molar-refractivity contribution is 9.10. The molecular formula is C13H19BrN2. The molecule has 0 amide bonds. The van der Waals surface area contributed by atoms with Crippen molar-refractivity contribution in [1.29, 1.82) is 0 Å². The molecule has 88 valence electrons. The Hall–Kier alpha value is -0.540. The molecule has 1 aromatic rings. The maximum absolute atomic E-state index is 5.84. The molecule has 0 bridgehead atoms. The Balaban J connectivity index is 2.04. The number of nitrogen functional groups attached to an aromatic ring is 1. The Kier molecular flexibility index (Phi) is 3.55. The van der Waals surface area contributed by atoms with Crippen LogP contribution < -0.4 is 5.73 Å². The van der Waals surface area contributed by atoms with Gasteiger partial charge < -0.3 is 5.73 Å². The van der Waals surface area contributed by atoms with Crippen LogP contribution in [0.15, 0.2) is 22.7 Å². The predicted octanol–water partition coefficient (Wildman–Crippen LogP) is 3.12. The Labute approximate surface area is 106 Å². The summed E-state index contributed by atoms with van der Waals surface area (Å²) < 4.78 is 1.07. The van der Waals surface area contributed by atoms with Gasteiger partial charge in [0.25, 0.3) is 0 Å². The van der Waals surface area contributed by atoms with E-state index in [1.54, 1.807) is 0 Å². The number of rotatable bonds is 2. The van der Waals surface area contributed by atoms with E-state index in [9.17, 15) is 0 Å². The van der Waals surface area contributed by atoms with Crippen molar-refractivity contribution < 1.29 is 0 Å². The van der Waals surface area contributed by atoms with Gasteiger partial charge in [0.15, 0.2) is 0 Å². The number of nitrogens with two attached hydrogens (primary N) is 1. The van der Waals surface area contributed by atoms with E-state index in [0.717, 1.165) is 28.5 Å². The van der Waals surface area contributed by atoms with Crippen LogP contribution in [0.2, 0.25) is 0 Å². The van der Waals surface area contributed by atoms with Gasteiger partial charge in [-0.15, -0.1) is 0 Å². The standard InChI is InChI=1S/C13H19BrN2/c1-9-6-16(7-10(9)2)8-11-3-12(14)5-13(15)4-11/h3-5,9-10H,6-8,15H2,1-2H3. The van der Waals surface area contributed by atoms with Crippen molar-refractivity contribution in [2.75, 3.05) is 18.8 Å². The lowest BCUT2D eigenvalue weighted by atomic mass is 10.0. The smallest absolute Gasteiger partial charge is 0.0328 e. The highest BCUT2D eigenvalue weighted by Gasteiger charge is 2.25. The van der Waals surface area contributed by atoms with Crippen LogP contribution >= 0.6 is 15.9 Å². The van der Waals surface area contributed by atoms with Gasteiger partial charge in [0.1, 0.15) is 0 Å². The molecule has 0 radical (unpaired) electrons. The van der Waals surface area contributed by atoms with Crippen molar-refractivity contribution in [3.63, 3.8) is 0 Å². The summed E-state index contributed by atoms with van der Waals surface area (Å²) in [6.07, 6.45) is 0. The van der Waals surface area contributed by atoms with Crippen LogP contribution in [-0.4, -0.2) is 18.0 Å². The Morgan fingerprint density at radius 3 is 2.44 bits per heavy atom. The first-order valence-electron chi connectivity index (χ1n) is 5.82. The average molecular weight is 283 g/mol. The zero-order valence-electron chi connectivity index (χ0n) is 9.91. The first-order valence-corrected chi connectivity index (χ1v) is 6.61. The summed E-state index contributed by atoms with van der Waals surface area (Å²) in [5.41, 5.74) is 7.98. The van der Waals surface area contributed by atoms with E-state index >= 15 is 0 Å². The molecule has 0 aromatic heterocycles. The molecule has 1 aromatic carbocycles. The quantitative estimate of drug-likeness (QED) is 0.845. The van der Waals surface area contributed by atoms with Gasteiger partial charge in [0.05, 0.1) is 0 Å². The lowest BCUT2D eigenvalue weighted by molar-refractivity contribution is 0.316. The highest BCUT2D eigenvalue weighted by atomic mass is 79.9. The van der Waals surface area contributed by atoms with Crippen LogP contribution in [0.1, 0.15) is 19.4 Å². The molecule has 2 N–H and O–H groups in total. The molecule has 0 aliphatic carbocycles. The lowest BCUT2D eigenvalue weighted by Crippen LogP contribution is -2.20. The van der Waals surface area contributed by atoms with E-state index in [4.69, 9.17) is 5.73 Å². The lowest BCUT2D eigenvalue weighted by Gasteiger charge is -2.16. The summed E-state index contributed by atoms with van der Waals surface area (Å²) in [5, 5.41) is 0. The van der Waals surface area contributed by atoms with E-state index in [-0.39, 0.29) is 0 Å². The van der Waals surface area contributed by atoms with Gasteiger partial charge in [-0.05, 0) is 35.6 Å². The topological polar surface area (TPSA) is 29.3 Å². The molecule has 2 nitrogen and oxygen atoms in total. The number of likely N-dealkylation sites (tertiary alicyclic amines) is 1. The van der Waals surface area contributed by atoms with E-state index in [1.807, 2.05) is 6.07 Å². The van der Waals surface area contributed by atoms with Gasteiger partial charge in [-0.3, -0.25) is 4.90 Å². The summed E-state index contributed by atoms with van der Waals surface area (Å²) in [5.74, 6) is 1.62. The number of anilines is 1. The second-order valence-electron chi connectivity index (χ2n) is 5.04. The van der Waals surface area contributed by atoms with E-state index in [1.165, 1.54) is 18.7 Å². The van der Waals surface area contributed by atoms with Crippen LogP contribution in [0.4, 0.5) is 5.69 Å². The largest absolute Gasteiger partial charge is 0.399 e. The minimum absolute atomic E-state index is 0.810. The molecule has 2 atom stereocenters. The van der Waals surface area contributed by atoms with Gasteiger partial charge in [-0.25, -0.2) is 0 Å². The third kappa shape index (κ3) is 2.77. The van der Waals surface area contributed by atoms with Crippen LogP contribution in [-0.2, 0) is 6.54 Å². The first-order chi connectivity index (χ1) is 7.54. The Morgan fingerprint density at radius 1 is 1.25 bits per heavy atom. The van der Waals surface area contributed by atoms with Gasteiger partial charge in [-0.2, -0.15) is 0 Å². The van der Waals surface area contributed by atoms with Crippen molar-refractivity contribution in [3.05, 3.63) is 28.2 Å². The number of hydrogen-bond donors (Lipinski definition) is 1. The fourth-order valence-electron chi connectivity index (χ4n) is 2.40. The number of hydrogen-bond acceptors (Lipinski definition) is 2. The summed E-state index contributed by atoms with van der Waals surface area (Å²) in [4.78, 5) is 2.51. The van der Waals surface area contributed by atoms with Crippen LogP contribution in [0.25, 0.3) is 0 Å². The van der Waals surface area contributed by atoms with E-state index in [0.29, 0.717) is 0 Å². The van der Waals surface area contributed by atoms with Gasteiger partial charge >= 0.3 is 0 Å². The van der Waals surface area contributed by atoms with Crippen LogP contribution in [0, 0.1) is 11.8 Å².